The summed E-state index contributed by atoms with van der Waals surface area (Å²) in [5.41, 5.74) is 1.59. The van der Waals surface area contributed by atoms with E-state index in [9.17, 15) is 4.79 Å². The molecule has 0 bridgehead atoms. The molecular formula is C18H13Cl2N5OS. The number of amides is 1. The van der Waals surface area contributed by atoms with Crippen molar-refractivity contribution in [2.75, 3.05) is 0 Å². The van der Waals surface area contributed by atoms with Gasteiger partial charge >= 0.3 is 0 Å². The molecule has 3 heterocycles. The number of nitrogens with one attached hydrogen (secondary N) is 1. The van der Waals surface area contributed by atoms with Crippen LogP contribution in [-0.4, -0.2) is 31.5 Å². The molecule has 0 atom stereocenters. The second-order valence-corrected chi connectivity index (χ2v) is 7.65. The Morgan fingerprint density at radius 3 is 2.85 bits per heavy atom. The highest BCUT2D eigenvalue weighted by atomic mass is 35.5. The zero-order valence-electron chi connectivity index (χ0n) is 14.1. The smallest absolute Gasteiger partial charge is 0.283 e. The number of halogens is 2. The van der Waals surface area contributed by atoms with Crippen LogP contribution in [0.5, 0.6) is 0 Å². The second kappa shape index (κ2) is 6.99. The minimum absolute atomic E-state index is 0.0101. The van der Waals surface area contributed by atoms with E-state index >= 15 is 0 Å². The molecule has 0 fully saturated rings. The number of fused-ring (bicyclic) bond motifs is 1. The number of aliphatic imine (C=N–C) groups is 1. The van der Waals surface area contributed by atoms with Crippen LogP contribution in [-0.2, 0) is 4.79 Å². The molecule has 4 rings (SSSR count). The summed E-state index contributed by atoms with van der Waals surface area (Å²) < 4.78 is 1.82. The van der Waals surface area contributed by atoms with Gasteiger partial charge in [0, 0.05) is 16.9 Å². The van der Waals surface area contributed by atoms with Crippen LogP contribution in [0.1, 0.15) is 19.0 Å². The van der Waals surface area contributed by atoms with Crippen molar-refractivity contribution in [1.29, 1.82) is 5.41 Å². The van der Waals surface area contributed by atoms with E-state index in [-0.39, 0.29) is 11.4 Å². The summed E-state index contributed by atoms with van der Waals surface area (Å²) in [6, 6.07) is 8.86. The van der Waals surface area contributed by atoms with Gasteiger partial charge in [0.1, 0.15) is 5.04 Å². The van der Waals surface area contributed by atoms with E-state index in [1.54, 1.807) is 24.3 Å². The first-order chi connectivity index (χ1) is 13.0. The molecule has 1 aromatic heterocycles. The molecule has 1 aromatic carbocycles. The Bertz CT molecular complexity index is 1070. The first-order valence-electron chi connectivity index (χ1n) is 8.10. The average Bonchev–Trinajstić information content (AvgIpc) is 3.25. The molecule has 0 radical (unpaired) electrons. The van der Waals surface area contributed by atoms with Crippen molar-refractivity contribution in [3.63, 3.8) is 0 Å². The molecule has 0 saturated carbocycles. The lowest BCUT2D eigenvalue weighted by Gasteiger charge is -2.20. The molecule has 6 nitrogen and oxygen atoms in total. The summed E-state index contributed by atoms with van der Waals surface area (Å²) >= 11 is 13.6. The summed E-state index contributed by atoms with van der Waals surface area (Å²) in [6.07, 6.45) is 4.17. The molecule has 0 saturated heterocycles. The number of hydrogen-bond acceptors (Lipinski definition) is 4. The number of hydrogen-bond donors (Lipinski definition) is 1. The van der Waals surface area contributed by atoms with Gasteiger partial charge in [-0.15, -0.1) is 0 Å². The van der Waals surface area contributed by atoms with E-state index in [4.69, 9.17) is 28.6 Å². The Morgan fingerprint density at radius 1 is 1.30 bits per heavy atom. The van der Waals surface area contributed by atoms with Gasteiger partial charge in [0.25, 0.3) is 5.91 Å². The maximum atomic E-state index is 12.5. The monoisotopic (exact) mass is 417 g/mol. The number of aromatic nitrogens is 1. The molecule has 9 heteroatoms. The van der Waals surface area contributed by atoms with Crippen molar-refractivity contribution >= 4 is 63.0 Å². The molecule has 2 aromatic rings. The van der Waals surface area contributed by atoms with Crippen LogP contribution in [0.25, 0.3) is 11.8 Å². The Hall–Kier alpha value is -2.35. The number of thioether (sulfide) groups is 1. The van der Waals surface area contributed by atoms with Crippen LogP contribution in [0.2, 0.25) is 10.0 Å². The lowest BCUT2D eigenvalue weighted by atomic mass is 10.1. The third-order valence-electron chi connectivity index (χ3n) is 4.04. The SMILES string of the molecule is CCC1=NN2C(=N)/C(=C\c3cccn3-c3ccc(Cl)cc3Cl)C(=O)N=C2S1. The van der Waals surface area contributed by atoms with Gasteiger partial charge in [0.2, 0.25) is 5.17 Å². The van der Waals surface area contributed by atoms with Gasteiger partial charge in [-0.3, -0.25) is 10.2 Å². The summed E-state index contributed by atoms with van der Waals surface area (Å²) in [5.74, 6) is -0.447. The number of hydrazone groups is 1. The molecule has 1 N–H and O–H groups in total. The first kappa shape index (κ1) is 18.0. The van der Waals surface area contributed by atoms with E-state index in [0.717, 1.165) is 17.2 Å². The maximum absolute atomic E-state index is 12.5. The summed E-state index contributed by atoms with van der Waals surface area (Å²) in [7, 11) is 0. The minimum atomic E-state index is -0.457. The quantitative estimate of drug-likeness (QED) is 0.727. The third-order valence-corrected chi connectivity index (χ3v) is 5.63. The van der Waals surface area contributed by atoms with Crippen molar-refractivity contribution in [1.82, 2.24) is 9.58 Å². The largest absolute Gasteiger partial charge is 0.316 e. The Morgan fingerprint density at radius 2 is 2.11 bits per heavy atom. The Balaban J connectivity index is 1.75. The van der Waals surface area contributed by atoms with Gasteiger partial charge in [0.05, 0.1) is 16.3 Å². The van der Waals surface area contributed by atoms with Crippen LogP contribution in [0, 0.1) is 5.41 Å². The highest BCUT2D eigenvalue weighted by Crippen LogP contribution is 2.30. The van der Waals surface area contributed by atoms with Crippen molar-refractivity contribution in [2.24, 2.45) is 10.1 Å². The molecule has 136 valence electrons. The van der Waals surface area contributed by atoms with Crippen molar-refractivity contribution in [3.05, 3.63) is 57.8 Å². The fraction of sp³-hybridized carbons (Fsp3) is 0.111. The lowest BCUT2D eigenvalue weighted by molar-refractivity contribution is -0.114. The molecule has 0 unspecified atom stereocenters. The minimum Gasteiger partial charge on any atom is -0.316 e. The van der Waals surface area contributed by atoms with Gasteiger partial charge in [-0.1, -0.05) is 30.1 Å². The third kappa shape index (κ3) is 3.22. The van der Waals surface area contributed by atoms with Gasteiger partial charge in [-0.05, 0) is 54.6 Å². The van der Waals surface area contributed by atoms with Crippen LogP contribution >= 0.6 is 35.0 Å². The van der Waals surface area contributed by atoms with E-state index in [1.807, 2.05) is 29.8 Å². The zero-order valence-corrected chi connectivity index (χ0v) is 16.4. The van der Waals surface area contributed by atoms with Gasteiger partial charge in [-0.25, -0.2) is 0 Å². The molecular weight excluding hydrogens is 405 g/mol. The van der Waals surface area contributed by atoms with Crippen LogP contribution in [0.15, 0.2) is 52.2 Å². The summed E-state index contributed by atoms with van der Waals surface area (Å²) in [4.78, 5) is 16.6. The number of carbonyl (C=O) groups excluding carboxylic acids is 1. The van der Waals surface area contributed by atoms with Gasteiger partial charge in [-0.2, -0.15) is 15.1 Å². The van der Waals surface area contributed by atoms with E-state index in [2.05, 4.69) is 10.1 Å². The standard InChI is InChI=1S/C18H13Cl2N5OS/c1-2-15-23-25-16(21)12(17(26)22-18(25)27-15)9-11-4-3-7-24(11)14-6-5-10(19)8-13(14)20/h3-9,21H,2H2,1H3/b12-9+,21-16?. The van der Waals surface area contributed by atoms with Crippen LogP contribution in [0.4, 0.5) is 0 Å². The topological polar surface area (TPSA) is 73.8 Å². The van der Waals surface area contributed by atoms with Gasteiger partial charge in [0.15, 0.2) is 5.84 Å². The number of rotatable bonds is 3. The maximum Gasteiger partial charge on any atom is 0.283 e. The van der Waals surface area contributed by atoms with Crippen molar-refractivity contribution in [3.8, 4) is 5.69 Å². The molecule has 27 heavy (non-hydrogen) atoms. The number of carbonyl (C=O) groups is 1. The first-order valence-corrected chi connectivity index (χ1v) is 9.67. The normalized spacial score (nSPS) is 18.0. The van der Waals surface area contributed by atoms with Crippen LogP contribution < -0.4 is 0 Å². The molecule has 0 spiro atoms. The molecule has 1 amide bonds. The lowest BCUT2D eigenvalue weighted by Crippen LogP contribution is -2.35. The fourth-order valence-corrected chi connectivity index (χ4v) is 4.05. The van der Waals surface area contributed by atoms with E-state index < -0.39 is 5.91 Å². The number of amidine groups is 2. The van der Waals surface area contributed by atoms with Crippen LogP contribution in [0.3, 0.4) is 0 Å². The second-order valence-electron chi connectivity index (χ2n) is 5.77. The summed E-state index contributed by atoms with van der Waals surface area (Å²) in [6.45, 7) is 1.97. The van der Waals surface area contributed by atoms with Crippen molar-refractivity contribution < 1.29 is 4.79 Å². The summed E-state index contributed by atoms with van der Waals surface area (Å²) in [5, 5.41) is 16.4. The predicted molar refractivity (Wildman–Crippen MR) is 111 cm³/mol. The molecule has 2 aliphatic rings. The Kier molecular flexibility index (Phi) is 4.67. The average molecular weight is 418 g/mol. The highest BCUT2D eigenvalue weighted by molar-refractivity contribution is 8.26. The van der Waals surface area contributed by atoms with E-state index in [0.29, 0.717) is 20.9 Å². The molecule has 2 aliphatic heterocycles. The van der Waals surface area contributed by atoms with Crippen molar-refractivity contribution in [2.45, 2.75) is 13.3 Å². The Labute approximate surface area is 169 Å². The van der Waals surface area contributed by atoms with Gasteiger partial charge < -0.3 is 4.57 Å². The predicted octanol–water partition coefficient (Wildman–Crippen LogP) is 4.81. The highest BCUT2D eigenvalue weighted by Gasteiger charge is 2.35. The number of benzene rings is 1. The molecule has 0 aliphatic carbocycles. The zero-order chi connectivity index (χ0) is 19.1. The number of nitrogens with zero attached hydrogens (tertiary/aromatic N) is 4. The fourth-order valence-electron chi connectivity index (χ4n) is 2.73. The van der Waals surface area contributed by atoms with E-state index in [1.165, 1.54) is 16.8 Å².